The summed E-state index contributed by atoms with van der Waals surface area (Å²) in [5.41, 5.74) is 2.78. The molecule has 1 aliphatic rings. The maximum Gasteiger partial charge on any atom is 0.243 e. The van der Waals surface area contributed by atoms with Crippen molar-refractivity contribution in [1.82, 2.24) is 19.5 Å². The summed E-state index contributed by atoms with van der Waals surface area (Å²) in [6.07, 6.45) is 3.44. The van der Waals surface area contributed by atoms with E-state index in [1.165, 1.54) is 4.31 Å². The second-order valence-corrected chi connectivity index (χ2v) is 8.65. The lowest BCUT2D eigenvalue weighted by atomic mass is 10.2. The molecule has 0 spiro atoms. The zero-order valence-corrected chi connectivity index (χ0v) is 16.4. The van der Waals surface area contributed by atoms with E-state index in [0.717, 1.165) is 22.6 Å². The molecule has 28 heavy (non-hydrogen) atoms. The van der Waals surface area contributed by atoms with Gasteiger partial charge in [0.05, 0.1) is 10.6 Å². The molecular weight excluding hydrogens is 374 g/mol. The molecule has 4 rings (SSSR count). The van der Waals surface area contributed by atoms with Crippen LogP contribution in [0, 0.1) is 6.92 Å². The van der Waals surface area contributed by atoms with Gasteiger partial charge in [0.2, 0.25) is 10.0 Å². The van der Waals surface area contributed by atoms with Crippen LogP contribution in [0.1, 0.15) is 5.56 Å². The Morgan fingerprint density at radius 2 is 1.50 bits per heavy atom. The highest BCUT2D eigenvalue weighted by atomic mass is 32.2. The predicted molar refractivity (Wildman–Crippen MR) is 107 cm³/mol. The molecule has 3 heterocycles. The van der Waals surface area contributed by atoms with Crippen molar-refractivity contribution in [3.8, 4) is 11.3 Å². The van der Waals surface area contributed by atoms with Crippen LogP contribution in [-0.4, -0.2) is 54.1 Å². The first-order valence-electron chi connectivity index (χ1n) is 9.10. The number of rotatable bonds is 4. The Morgan fingerprint density at radius 3 is 2.11 bits per heavy atom. The van der Waals surface area contributed by atoms with Crippen LogP contribution in [0.3, 0.4) is 0 Å². The Bertz CT molecular complexity index is 1030. The topological polar surface area (TPSA) is 79.3 Å². The number of benzene rings is 1. The Labute approximate surface area is 164 Å². The van der Waals surface area contributed by atoms with Gasteiger partial charge in [0.1, 0.15) is 0 Å². The molecule has 1 saturated heterocycles. The van der Waals surface area contributed by atoms with Crippen LogP contribution in [-0.2, 0) is 10.0 Å². The molecule has 1 aromatic carbocycles. The van der Waals surface area contributed by atoms with Crippen LogP contribution in [0.5, 0.6) is 0 Å². The van der Waals surface area contributed by atoms with Crippen LogP contribution < -0.4 is 4.90 Å². The Kier molecular flexibility index (Phi) is 5.06. The summed E-state index contributed by atoms with van der Waals surface area (Å²) >= 11 is 0. The third kappa shape index (κ3) is 3.74. The zero-order valence-electron chi connectivity index (χ0n) is 15.6. The number of hydrogen-bond donors (Lipinski definition) is 0. The molecule has 8 heteroatoms. The molecule has 0 bridgehead atoms. The first kappa shape index (κ1) is 18.5. The summed E-state index contributed by atoms with van der Waals surface area (Å²) in [6.45, 7) is 3.94. The van der Waals surface area contributed by atoms with Crippen molar-refractivity contribution in [2.24, 2.45) is 0 Å². The highest BCUT2D eigenvalue weighted by molar-refractivity contribution is 7.89. The fraction of sp³-hybridized carbons (Fsp3) is 0.250. The summed E-state index contributed by atoms with van der Waals surface area (Å²) in [5.74, 6) is 0.755. The van der Waals surface area contributed by atoms with Crippen molar-refractivity contribution in [3.05, 3.63) is 66.5 Å². The molecule has 0 N–H and O–H groups in total. The number of hydrogen-bond acceptors (Lipinski definition) is 6. The largest absolute Gasteiger partial charge is 0.352 e. The van der Waals surface area contributed by atoms with E-state index in [9.17, 15) is 8.42 Å². The van der Waals surface area contributed by atoms with Gasteiger partial charge in [0.25, 0.3) is 0 Å². The minimum atomic E-state index is -3.46. The lowest BCUT2D eigenvalue weighted by Gasteiger charge is -2.34. The van der Waals surface area contributed by atoms with Gasteiger partial charge in [0, 0.05) is 44.1 Å². The molecule has 0 amide bonds. The van der Waals surface area contributed by atoms with E-state index in [1.807, 2.05) is 43.3 Å². The average molecular weight is 395 g/mol. The van der Waals surface area contributed by atoms with E-state index in [4.69, 9.17) is 0 Å². The van der Waals surface area contributed by atoms with E-state index in [0.29, 0.717) is 31.1 Å². The van der Waals surface area contributed by atoms with Gasteiger partial charge < -0.3 is 4.90 Å². The molecule has 0 saturated carbocycles. The van der Waals surface area contributed by atoms with E-state index in [-0.39, 0.29) is 0 Å². The van der Waals surface area contributed by atoms with Gasteiger partial charge in [-0.1, -0.05) is 17.7 Å². The molecule has 2 aromatic heterocycles. The normalized spacial score (nSPS) is 15.5. The van der Waals surface area contributed by atoms with Crippen molar-refractivity contribution in [1.29, 1.82) is 0 Å². The second kappa shape index (κ2) is 7.65. The zero-order chi connectivity index (χ0) is 19.6. The minimum Gasteiger partial charge on any atom is -0.352 e. The highest BCUT2D eigenvalue weighted by Gasteiger charge is 2.28. The van der Waals surface area contributed by atoms with E-state index >= 15 is 0 Å². The number of nitrogens with zero attached hydrogens (tertiary/aromatic N) is 5. The van der Waals surface area contributed by atoms with Gasteiger partial charge in [-0.15, -0.1) is 10.2 Å². The van der Waals surface area contributed by atoms with E-state index in [1.54, 1.807) is 24.5 Å². The summed E-state index contributed by atoms with van der Waals surface area (Å²) in [4.78, 5) is 6.41. The van der Waals surface area contributed by atoms with Crippen LogP contribution in [0.4, 0.5) is 5.82 Å². The lowest BCUT2D eigenvalue weighted by Crippen LogP contribution is -2.49. The fourth-order valence-electron chi connectivity index (χ4n) is 3.19. The first-order chi connectivity index (χ1) is 13.5. The van der Waals surface area contributed by atoms with E-state index in [2.05, 4.69) is 20.1 Å². The standard InChI is InChI=1S/C20H21N5O2S/c1-16-2-4-18(5-3-16)28(26,27)25-14-12-24(13-15-25)20-7-6-19(22-23-20)17-8-10-21-11-9-17/h2-11H,12-15H2,1H3. The maximum atomic E-state index is 12.8. The number of piperazine rings is 1. The molecule has 3 aromatic rings. The molecule has 1 fully saturated rings. The van der Waals surface area contributed by atoms with Crippen LogP contribution in [0.15, 0.2) is 65.8 Å². The van der Waals surface area contributed by atoms with Crippen molar-refractivity contribution in [2.75, 3.05) is 31.1 Å². The van der Waals surface area contributed by atoms with E-state index < -0.39 is 10.0 Å². The summed E-state index contributed by atoms with van der Waals surface area (Å²) < 4.78 is 27.2. The Hall–Kier alpha value is -2.84. The number of aryl methyl sites for hydroxylation is 1. The molecule has 0 aliphatic carbocycles. The molecule has 7 nitrogen and oxygen atoms in total. The highest BCUT2D eigenvalue weighted by Crippen LogP contribution is 2.21. The van der Waals surface area contributed by atoms with Gasteiger partial charge in [-0.05, 0) is 43.3 Å². The third-order valence-electron chi connectivity index (χ3n) is 4.85. The van der Waals surface area contributed by atoms with Crippen molar-refractivity contribution in [3.63, 3.8) is 0 Å². The number of pyridine rings is 1. The minimum absolute atomic E-state index is 0.341. The van der Waals surface area contributed by atoms with Crippen LogP contribution >= 0.6 is 0 Å². The molecule has 144 valence electrons. The summed E-state index contributed by atoms with van der Waals surface area (Å²) in [7, 11) is -3.46. The first-order valence-corrected chi connectivity index (χ1v) is 10.5. The monoisotopic (exact) mass is 395 g/mol. The number of aromatic nitrogens is 3. The maximum absolute atomic E-state index is 12.8. The smallest absolute Gasteiger partial charge is 0.243 e. The average Bonchev–Trinajstić information content (AvgIpc) is 2.75. The van der Waals surface area contributed by atoms with Gasteiger partial charge >= 0.3 is 0 Å². The van der Waals surface area contributed by atoms with Gasteiger partial charge in [-0.25, -0.2) is 8.42 Å². The van der Waals surface area contributed by atoms with Gasteiger partial charge in [0.15, 0.2) is 5.82 Å². The van der Waals surface area contributed by atoms with Crippen molar-refractivity contribution in [2.45, 2.75) is 11.8 Å². The molecule has 0 atom stereocenters. The fourth-order valence-corrected chi connectivity index (χ4v) is 4.61. The summed E-state index contributed by atoms with van der Waals surface area (Å²) in [6, 6.07) is 14.6. The van der Waals surface area contributed by atoms with Crippen molar-refractivity contribution >= 4 is 15.8 Å². The Morgan fingerprint density at radius 1 is 0.821 bits per heavy atom. The van der Waals surface area contributed by atoms with Gasteiger partial charge in [-0.3, -0.25) is 4.98 Å². The van der Waals surface area contributed by atoms with Gasteiger partial charge in [-0.2, -0.15) is 4.31 Å². The molecule has 0 radical (unpaired) electrons. The molecular formula is C20H21N5O2S. The number of sulfonamides is 1. The molecule has 1 aliphatic heterocycles. The molecule has 0 unspecified atom stereocenters. The van der Waals surface area contributed by atoms with Crippen LogP contribution in [0.25, 0.3) is 11.3 Å². The number of anilines is 1. The predicted octanol–water partition coefficient (Wildman–Crippen LogP) is 2.36. The van der Waals surface area contributed by atoms with Crippen LogP contribution in [0.2, 0.25) is 0 Å². The second-order valence-electron chi connectivity index (χ2n) is 6.72. The SMILES string of the molecule is Cc1ccc(S(=O)(=O)N2CCN(c3ccc(-c4ccncc4)nn3)CC2)cc1. The quantitative estimate of drug-likeness (QED) is 0.675. The Balaban J connectivity index is 1.43. The lowest BCUT2D eigenvalue weighted by molar-refractivity contribution is 0.383. The summed E-state index contributed by atoms with van der Waals surface area (Å²) in [5, 5.41) is 8.62. The van der Waals surface area contributed by atoms with Crippen molar-refractivity contribution < 1.29 is 8.42 Å². The third-order valence-corrected chi connectivity index (χ3v) is 6.76.